The summed E-state index contributed by atoms with van der Waals surface area (Å²) in [5.74, 6) is 0.745. The quantitative estimate of drug-likeness (QED) is 0.506. The number of Topliss-reactive ketones (excluding diaryl/α,β-unsaturated/α-hetero) is 1. The minimum atomic E-state index is 0.0667. The molecule has 1 heterocycles. The van der Waals surface area contributed by atoms with Gasteiger partial charge < -0.3 is 0 Å². The van der Waals surface area contributed by atoms with Gasteiger partial charge in [0.05, 0.1) is 0 Å². The molecule has 1 unspecified atom stereocenters. The zero-order chi connectivity index (χ0) is 21.5. The standard InChI is InChI=1S/C29H35NO/c1-23(21-27-15-9-4-10-16-28(27)25-13-7-3-8-14-25)29(31)26-17-19-30(20-18-26)22-24-11-5-2-6-12-24/h3-5,7-15,23,26H,2,6,16-22H2,1H3. The van der Waals surface area contributed by atoms with Crippen LogP contribution in [0.5, 0.6) is 0 Å². The molecule has 0 bridgehead atoms. The monoisotopic (exact) mass is 413 g/mol. The number of likely N-dealkylation sites (tertiary alicyclic amines) is 1. The Morgan fingerprint density at radius 3 is 2.58 bits per heavy atom. The largest absolute Gasteiger partial charge is 0.299 e. The van der Waals surface area contributed by atoms with Crippen LogP contribution < -0.4 is 0 Å². The highest BCUT2D eigenvalue weighted by Crippen LogP contribution is 2.32. The molecule has 2 aliphatic carbocycles. The molecule has 162 valence electrons. The Morgan fingerprint density at radius 2 is 1.84 bits per heavy atom. The Labute approximate surface area is 187 Å². The van der Waals surface area contributed by atoms with E-state index in [4.69, 9.17) is 0 Å². The van der Waals surface area contributed by atoms with Crippen LogP contribution in [0, 0.1) is 11.8 Å². The average Bonchev–Trinajstić information content (AvgIpc) is 3.06. The first-order valence-electron chi connectivity index (χ1n) is 11.9. The minimum absolute atomic E-state index is 0.0667. The van der Waals surface area contributed by atoms with Gasteiger partial charge in [-0.05, 0) is 73.9 Å². The van der Waals surface area contributed by atoms with Gasteiger partial charge in [-0.25, -0.2) is 0 Å². The van der Waals surface area contributed by atoms with E-state index in [2.05, 4.69) is 84.7 Å². The molecule has 1 saturated heterocycles. The zero-order valence-corrected chi connectivity index (χ0v) is 18.8. The SMILES string of the molecule is CC(CC1=C(c2ccccc2)CC=CC=C1)C(=O)C1CCN(CC2=CCCC=C2)CC1. The number of piperidine rings is 1. The third-order valence-electron chi connectivity index (χ3n) is 6.86. The van der Waals surface area contributed by atoms with Gasteiger partial charge in [0.25, 0.3) is 0 Å². The molecule has 3 aliphatic rings. The average molecular weight is 414 g/mol. The molecular formula is C29H35NO. The van der Waals surface area contributed by atoms with E-state index in [-0.39, 0.29) is 11.8 Å². The second kappa shape index (κ2) is 10.7. The number of ketones is 1. The van der Waals surface area contributed by atoms with Crippen LogP contribution in [0.3, 0.4) is 0 Å². The van der Waals surface area contributed by atoms with Gasteiger partial charge in [0.2, 0.25) is 0 Å². The number of carbonyl (C=O) groups is 1. The van der Waals surface area contributed by atoms with Crippen LogP contribution in [0.4, 0.5) is 0 Å². The van der Waals surface area contributed by atoms with Crippen LogP contribution in [-0.2, 0) is 4.79 Å². The lowest BCUT2D eigenvalue weighted by Gasteiger charge is -2.33. The summed E-state index contributed by atoms with van der Waals surface area (Å²) in [6, 6.07) is 10.6. The molecule has 0 amide bonds. The van der Waals surface area contributed by atoms with Crippen LogP contribution in [0.1, 0.15) is 51.0 Å². The third kappa shape index (κ3) is 5.83. The summed E-state index contributed by atoms with van der Waals surface area (Å²) >= 11 is 0. The number of allylic oxidation sites excluding steroid dienone is 8. The van der Waals surface area contributed by atoms with E-state index in [1.807, 2.05) is 0 Å². The van der Waals surface area contributed by atoms with E-state index in [1.165, 1.54) is 35.1 Å². The number of hydrogen-bond acceptors (Lipinski definition) is 2. The number of rotatable bonds is 7. The van der Waals surface area contributed by atoms with E-state index in [0.29, 0.717) is 5.78 Å². The highest BCUT2D eigenvalue weighted by atomic mass is 16.1. The van der Waals surface area contributed by atoms with Crippen molar-refractivity contribution in [1.29, 1.82) is 0 Å². The number of benzene rings is 1. The van der Waals surface area contributed by atoms with E-state index in [9.17, 15) is 4.79 Å². The van der Waals surface area contributed by atoms with Gasteiger partial charge in [0.15, 0.2) is 0 Å². The molecule has 2 heteroatoms. The summed E-state index contributed by atoms with van der Waals surface area (Å²) < 4.78 is 0. The molecule has 0 saturated carbocycles. The molecule has 1 aliphatic heterocycles. The molecule has 0 N–H and O–H groups in total. The highest BCUT2D eigenvalue weighted by Gasteiger charge is 2.29. The maximum absolute atomic E-state index is 13.3. The normalized spacial score (nSPS) is 21.1. The van der Waals surface area contributed by atoms with Gasteiger partial charge >= 0.3 is 0 Å². The number of nitrogens with zero attached hydrogens (tertiary/aromatic N) is 1. The van der Waals surface area contributed by atoms with Gasteiger partial charge in [-0.1, -0.05) is 79.8 Å². The van der Waals surface area contributed by atoms with Crippen LogP contribution in [0.2, 0.25) is 0 Å². The Kier molecular flexibility index (Phi) is 7.53. The molecule has 2 nitrogen and oxygen atoms in total. The molecule has 4 rings (SSSR count). The van der Waals surface area contributed by atoms with Crippen molar-refractivity contribution < 1.29 is 4.79 Å². The fraction of sp³-hybridized carbons (Fsp3) is 0.414. The highest BCUT2D eigenvalue weighted by molar-refractivity contribution is 5.84. The zero-order valence-electron chi connectivity index (χ0n) is 18.8. The predicted molar refractivity (Wildman–Crippen MR) is 131 cm³/mol. The smallest absolute Gasteiger partial charge is 0.139 e. The van der Waals surface area contributed by atoms with Crippen LogP contribution in [0.25, 0.3) is 5.57 Å². The summed E-state index contributed by atoms with van der Waals surface area (Å²) in [5, 5.41) is 0. The summed E-state index contributed by atoms with van der Waals surface area (Å²) in [4.78, 5) is 15.8. The first-order valence-corrected chi connectivity index (χ1v) is 11.9. The molecule has 1 aromatic carbocycles. The van der Waals surface area contributed by atoms with Crippen molar-refractivity contribution in [1.82, 2.24) is 4.90 Å². The van der Waals surface area contributed by atoms with Gasteiger partial charge in [-0.2, -0.15) is 0 Å². The second-order valence-electron chi connectivity index (χ2n) is 9.18. The van der Waals surface area contributed by atoms with E-state index < -0.39 is 0 Å². The molecule has 1 fully saturated rings. The molecule has 1 atom stereocenters. The molecular weight excluding hydrogens is 378 g/mol. The molecule has 0 aromatic heterocycles. The van der Waals surface area contributed by atoms with E-state index >= 15 is 0 Å². The van der Waals surface area contributed by atoms with Crippen molar-refractivity contribution in [2.24, 2.45) is 11.8 Å². The summed E-state index contributed by atoms with van der Waals surface area (Å²) in [7, 11) is 0. The predicted octanol–water partition coefficient (Wildman–Crippen LogP) is 6.54. The number of carbonyl (C=O) groups excluding carboxylic acids is 1. The van der Waals surface area contributed by atoms with Gasteiger partial charge in [-0.3, -0.25) is 9.69 Å². The van der Waals surface area contributed by atoms with Crippen molar-refractivity contribution in [3.05, 3.63) is 89.6 Å². The van der Waals surface area contributed by atoms with Crippen molar-refractivity contribution >= 4 is 11.4 Å². The van der Waals surface area contributed by atoms with Crippen molar-refractivity contribution in [3.8, 4) is 0 Å². The molecule has 0 radical (unpaired) electrons. The fourth-order valence-corrected chi connectivity index (χ4v) is 5.05. The Bertz CT molecular complexity index is 907. The summed E-state index contributed by atoms with van der Waals surface area (Å²) in [5.41, 5.74) is 5.38. The lowest BCUT2D eigenvalue weighted by Crippen LogP contribution is -2.38. The molecule has 1 aromatic rings. The van der Waals surface area contributed by atoms with Crippen LogP contribution in [0.15, 0.2) is 84.0 Å². The molecule has 0 spiro atoms. The van der Waals surface area contributed by atoms with Gasteiger partial charge in [0, 0.05) is 18.4 Å². The van der Waals surface area contributed by atoms with Gasteiger partial charge in [0.1, 0.15) is 5.78 Å². The Balaban J connectivity index is 1.36. The molecule has 31 heavy (non-hydrogen) atoms. The van der Waals surface area contributed by atoms with Crippen molar-refractivity contribution in [3.63, 3.8) is 0 Å². The third-order valence-corrected chi connectivity index (χ3v) is 6.86. The first-order chi connectivity index (χ1) is 15.2. The lowest BCUT2D eigenvalue weighted by molar-refractivity contribution is -0.127. The summed E-state index contributed by atoms with van der Waals surface area (Å²) in [6.07, 6.45) is 21.7. The number of hydrogen-bond donors (Lipinski definition) is 0. The van der Waals surface area contributed by atoms with Crippen LogP contribution in [-0.4, -0.2) is 30.3 Å². The van der Waals surface area contributed by atoms with E-state index in [1.54, 1.807) is 0 Å². The summed E-state index contributed by atoms with van der Waals surface area (Å²) in [6.45, 7) is 5.25. The van der Waals surface area contributed by atoms with Crippen molar-refractivity contribution in [2.75, 3.05) is 19.6 Å². The Morgan fingerprint density at radius 1 is 1.03 bits per heavy atom. The maximum Gasteiger partial charge on any atom is 0.139 e. The van der Waals surface area contributed by atoms with Crippen molar-refractivity contribution in [2.45, 2.75) is 45.4 Å². The maximum atomic E-state index is 13.3. The fourth-order valence-electron chi connectivity index (χ4n) is 5.05. The minimum Gasteiger partial charge on any atom is -0.299 e. The van der Waals surface area contributed by atoms with Crippen LogP contribution >= 0.6 is 0 Å². The second-order valence-corrected chi connectivity index (χ2v) is 9.18. The Hall–Kier alpha value is -2.45. The van der Waals surface area contributed by atoms with Gasteiger partial charge in [-0.15, -0.1) is 0 Å². The van der Waals surface area contributed by atoms with E-state index in [0.717, 1.165) is 45.3 Å². The first kappa shape index (κ1) is 21.8. The topological polar surface area (TPSA) is 20.3 Å². The lowest BCUT2D eigenvalue weighted by atomic mass is 9.82.